The molecule has 2 atom stereocenters. The highest BCUT2D eigenvalue weighted by Gasteiger charge is 2.24. The zero-order chi connectivity index (χ0) is 58.7. The maximum absolute atomic E-state index is 5.75. The molecule has 0 amide bonds. The number of benzene rings is 8. The number of halogens is 1. The minimum atomic E-state index is -1.61. The predicted molar refractivity (Wildman–Crippen MR) is 372 cm³/mol. The van der Waals surface area contributed by atoms with Crippen LogP contribution in [0.5, 0.6) is 0 Å². The number of terminal acetylenes is 2. The zero-order valence-electron chi connectivity index (χ0n) is 51.3. The summed E-state index contributed by atoms with van der Waals surface area (Å²) in [5, 5.41) is 11.4. The summed E-state index contributed by atoms with van der Waals surface area (Å²) in [6, 6.07) is 55.8. The normalized spacial score (nSPS) is 12.6. The summed E-state index contributed by atoms with van der Waals surface area (Å²) in [5.74, 6) is 6.62. The van der Waals surface area contributed by atoms with Crippen LogP contribution >= 0.6 is 15.9 Å². The molecule has 0 aliphatic rings. The summed E-state index contributed by atoms with van der Waals surface area (Å²) in [5.41, 5.74) is 20.9. The molecule has 12 rings (SSSR count). The largest absolute Gasteiger partial charge is 0.368 e. The number of aryl methyl sites for hydroxylation is 4. The number of aromatic nitrogens is 4. The van der Waals surface area contributed by atoms with Crippen molar-refractivity contribution >= 4 is 111 Å². The van der Waals surface area contributed by atoms with E-state index in [0.717, 1.165) is 13.1 Å². The van der Waals surface area contributed by atoms with Crippen LogP contribution in [0.25, 0.3) is 109 Å². The lowest BCUT2D eigenvalue weighted by Crippen LogP contribution is -2.31. The summed E-state index contributed by atoms with van der Waals surface area (Å²) in [7, 11) is -1.61. The molecule has 4 heterocycles. The number of rotatable bonds is 16. The lowest BCUT2D eigenvalue weighted by Gasteiger charge is -2.22. The molecule has 12 aromatic rings. The number of unbranched alkanes of at least 4 members (excludes halogenated alkanes) is 2. The average molecular weight is 1170 g/mol. The molecule has 4 nitrogen and oxygen atoms in total. The highest BCUT2D eigenvalue weighted by Crippen LogP contribution is 2.41. The third kappa shape index (κ3) is 11.9. The molecular formula is C77H85BrN4Si. The summed E-state index contributed by atoms with van der Waals surface area (Å²) in [6.07, 6.45) is 20.7. The smallest absolute Gasteiger partial charge is 0.153 e. The van der Waals surface area contributed by atoms with Crippen LogP contribution in [0.3, 0.4) is 0 Å². The van der Waals surface area contributed by atoms with E-state index in [1.165, 1.54) is 183 Å². The van der Waals surface area contributed by atoms with Crippen molar-refractivity contribution in [2.75, 3.05) is 5.33 Å². The maximum Gasteiger partial charge on any atom is 0.153 e. The van der Waals surface area contributed by atoms with Gasteiger partial charge in [-0.05, 0) is 172 Å². The summed E-state index contributed by atoms with van der Waals surface area (Å²) >= 11 is 3.01. The van der Waals surface area contributed by atoms with E-state index in [1.807, 2.05) is 0 Å². The molecule has 8 aromatic carbocycles. The Morgan fingerprint density at radius 1 is 0.398 bits per heavy atom. The van der Waals surface area contributed by atoms with Gasteiger partial charge in [0, 0.05) is 94.8 Å². The van der Waals surface area contributed by atoms with Crippen LogP contribution in [0.15, 0.2) is 146 Å². The molecule has 0 radical (unpaired) electrons. The summed E-state index contributed by atoms with van der Waals surface area (Å²) < 4.78 is 10.1. The molecule has 0 saturated heterocycles. The van der Waals surface area contributed by atoms with Crippen molar-refractivity contribution in [2.24, 2.45) is 11.8 Å². The third-order valence-corrected chi connectivity index (χ3v) is 19.8. The molecule has 83 heavy (non-hydrogen) atoms. The Morgan fingerprint density at radius 3 is 0.976 bits per heavy atom. The highest BCUT2D eigenvalue weighted by molar-refractivity contribution is 9.09. The van der Waals surface area contributed by atoms with Gasteiger partial charge in [-0.1, -0.05) is 184 Å². The van der Waals surface area contributed by atoms with Crippen molar-refractivity contribution in [3.05, 3.63) is 168 Å². The first kappa shape index (κ1) is 59.0. The summed E-state index contributed by atoms with van der Waals surface area (Å²) in [4.78, 5) is 0. The number of fused-ring (bicyclic) bond motifs is 12. The van der Waals surface area contributed by atoms with Crippen LogP contribution in [-0.4, -0.2) is 31.5 Å². The average Bonchev–Trinajstić information content (AvgIpc) is 4.38. The molecule has 0 bridgehead atoms. The fourth-order valence-corrected chi connectivity index (χ4v) is 15.1. The molecule has 0 fully saturated rings. The van der Waals surface area contributed by atoms with Gasteiger partial charge >= 0.3 is 0 Å². The van der Waals surface area contributed by atoms with Gasteiger partial charge in [0.05, 0.1) is 17.4 Å². The summed E-state index contributed by atoms with van der Waals surface area (Å²) in [6.45, 7) is 28.1. The standard InChI is InChI=1S/C37H44N2Si.C37H38N2.C3H3Br/c1-8-10-11-27(9-2)24-38-34-16-12-25(3)20-30(34)32-22-28(14-18-35(32)38)29-15-19-37-33(23-29)31-21-26(4)13-17-36(31)39(37)40(5,6)7;1-6-9-10-27(8-3)24-39-36-16-12-26(5)21-31(36)33-23-29(14-18-37(33)39)28-13-17-35-32(22-28)30-20-25(4)11-15-34(30)38(35)19-7-2;1-2-3-4/h12-23,27H,8-11,24H2,1-7H3;2,11-18,20-23,27H,6,8-10,19,24H2,1,3-5H3;1H,3H2. The molecule has 0 N–H and O–H groups in total. The second kappa shape index (κ2) is 25.3. The van der Waals surface area contributed by atoms with Gasteiger partial charge in [0.2, 0.25) is 0 Å². The molecule has 4 aromatic heterocycles. The van der Waals surface area contributed by atoms with Crippen molar-refractivity contribution in [1.29, 1.82) is 0 Å². The zero-order valence-corrected chi connectivity index (χ0v) is 53.9. The van der Waals surface area contributed by atoms with Gasteiger partial charge in [0.15, 0.2) is 8.24 Å². The molecule has 6 heteroatoms. The van der Waals surface area contributed by atoms with Gasteiger partial charge < -0.3 is 17.9 Å². The van der Waals surface area contributed by atoms with Crippen LogP contribution < -0.4 is 0 Å². The monoisotopic (exact) mass is 1170 g/mol. The van der Waals surface area contributed by atoms with Crippen LogP contribution in [0.4, 0.5) is 0 Å². The fourth-order valence-electron chi connectivity index (χ4n) is 13.2. The van der Waals surface area contributed by atoms with Crippen molar-refractivity contribution in [1.82, 2.24) is 17.9 Å². The predicted octanol–water partition coefficient (Wildman–Crippen LogP) is 22.1. The molecule has 0 spiro atoms. The number of alkyl halides is 1. The molecular weight excluding hydrogens is 1090 g/mol. The van der Waals surface area contributed by atoms with E-state index in [4.69, 9.17) is 12.8 Å². The van der Waals surface area contributed by atoms with Crippen molar-refractivity contribution < 1.29 is 0 Å². The van der Waals surface area contributed by atoms with Gasteiger partial charge in [0.25, 0.3) is 0 Å². The van der Waals surface area contributed by atoms with E-state index in [0.29, 0.717) is 23.7 Å². The van der Waals surface area contributed by atoms with E-state index < -0.39 is 8.24 Å². The Kier molecular flexibility index (Phi) is 18.0. The molecule has 0 saturated carbocycles. The second-order valence-corrected chi connectivity index (χ2v) is 30.0. The molecule has 424 valence electrons. The Labute approximate surface area is 504 Å². The molecule has 2 unspecified atom stereocenters. The fraction of sp³-hybridized carbons (Fsp3) is 0.325. The Balaban J connectivity index is 0.000000174. The van der Waals surface area contributed by atoms with E-state index in [9.17, 15) is 0 Å². The second-order valence-electron chi connectivity index (χ2n) is 24.7. The van der Waals surface area contributed by atoms with Crippen LogP contribution in [0, 0.1) is 64.2 Å². The van der Waals surface area contributed by atoms with Gasteiger partial charge in [-0.3, -0.25) is 0 Å². The van der Waals surface area contributed by atoms with Crippen molar-refractivity contribution in [2.45, 2.75) is 146 Å². The Hall–Kier alpha value is -7.22. The first-order chi connectivity index (χ1) is 40.1. The van der Waals surface area contributed by atoms with Crippen molar-refractivity contribution in [3.63, 3.8) is 0 Å². The first-order valence-corrected chi connectivity index (χ1v) is 35.3. The lowest BCUT2D eigenvalue weighted by molar-refractivity contribution is 0.401. The Bertz CT molecular complexity index is 4420. The number of hydrogen-bond acceptors (Lipinski definition) is 0. The quantitative estimate of drug-likeness (QED) is 0.0522. The minimum absolute atomic E-state index is 0.574. The number of hydrogen-bond donors (Lipinski definition) is 0. The molecule has 0 aliphatic carbocycles. The van der Waals surface area contributed by atoms with E-state index >= 15 is 0 Å². The minimum Gasteiger partial charge on any atom is -0.368 e. The van der Waals surface area contributed by atoms with Gasteiger partial charge in [-0.15, -0.1) is 12.8 Å². The first-order valence-electron chi connectivity index (χ1n) is 30.7. The van der Waals surface area contributed by atoms with Gasteiger partial charge in [-0.25, -0.2) is 0 Å². The van der Waals surface area contributed by atoms with Crippen LogP contribution in [-0.2, 0) is 19.6 Å². The highest BCUT2D eigenvalue weighted by atomic mass is 79.9. The van der Waals surface area contributed by atoms with E-state index in [1.54, 1.807) is 0 Å². The third-order valence-electron chi connectivity index (χ3n) is 17.6. The van der Waals surface area contributed by atoms with E-state index in [-0.39, 0.29) is 0 Å². The SMILES string of the molecule is C#CCBr.C#CCn1c2ccc(C)cc2c2cc(-c3ccc4c(c3)c3cc(C)ccc3n4CC(CC)CCCC)ccc21.CCCCC(CC)Cn1c2ccc(C)cc2c2cc(-c3ccc4c(c3)c3cc(C)ccc3n4[Si](C)(C)C)ccc21. The van der Waals surface area contributed by atoms with E-state index in [2.05, 4.69) is 266 Å². The Morgan fingerprint density at radius 2 is 0.675 bits per heavy atom. The molecule has 0 aliphatic heterocycles. The van der Waals surface area contributed by atoms with Crippen molar-refractivity contribution in [3.8, 4) is 46.9 Å². The number of nitrogens with zero attached hydrogens (tertiary/aromatic N) is 4. The van der Waals surface area contributed by atoms with Crippen LogP contribution in [0.1, 0.15) is 101 Å². The topological polar surface area (TPSA) is 19.7 Å². The maximum atomic E-state index is 5.75. The lowest BCUT2D eigenvalue weighted by atomic mass is 9.99. The van der Waals surface area contributed by atoms with Gasteiger partial charge in [-0.2, -0.15) is 0 Å². The van der Waals surface area contributed by atoms with Crippen LogP contribution in [0.2, 0.25) is 19.6 Å². The van der Waals surface area contributed by atoms with Gasteiger partial charge in [0.1, 0.15) is 0 Å².